The summed E-state index contributed by atoms with van der Waals surface area (Å²) in [6, 6.07) is 13.0. The summed E-state index contributed by atoms with van der Waals surface area (Å²) in [5, 5.41) is 8.00. The van der Waals surface area contributed by atoms with E-state index in [1.807, 2.05) is 5.38 Å². The molecule has 0 saturated heterocycles. The molecule has 1 aromatic heterocycles. The normalized spacial score (nSPS) is 10.4. The molecule has 2 aromatic carbocycles. The van der Waals surface area contributed by atoms with Crippen LogP contribution in [0.1, 0.15) is 12.6 Å². The Hall–Kier alpha value is -3.06. The number of hydrogen-bond acceptors (Lipinski definition) is 4. The molecule has 0 bridgehead atoms. The van der Waals surface area contributed by atoms with Crippen LogP contribution in [0.25, 0.3) is 10.6 Å². The zero-order chi connectivity index (χ0) is 18.5. The highest BCUT2D eigenvalue weighted by atomic mass is 32.1. The third kappa shape index (κ3) is 4.73. The Labute approximate surface area is 153 Å². The predicted molar refractivity (Wildman–Crippen MR) is 101 cm³/mol. The molecule has 0 unspecified atom stereocenters. The minimum absolute atomic E-state index is 0.127. The van der Waals surface area contributed by atoms with Crippen molar-refractivity contribution in [2.24, 2.45) is 0 Å². The fraction of sp³-hybridized carbons (Fsp3) is 0.105. The van der Waals surface area contributed by atoms with Crippen LogP contribution in [0.5, 0.6) is 0 Å². The van der Waals surface area contributed by atoms with E-state index in [1.165, 1.54) is 30.4 Å². The first-order valence-corrected chi connectivity index (χ1v) is 8.75. The van der Waals surface area contributed by atoms with Crippen molar-refractivity contribution >= 4 is 34.5 Å². The van der Waals surface area contributed by atoms with Gasteiger partial charge >= 0.3 is 0 Å². The quantitative estimate of drug-likeness (QED) is 0.712. The highest BCUT2D eigenvalue weighted by Crippen LogP contribution is 2.24. The number of nitrogens with zero attached hydrogens (tertiary/aromatic N) is 1. The van der Waals surface area contributed by atoms with Gasteiger partial charge in [0.15, 0.2) is 0 Å². The van der Waals surface area contributed by atoms with Gasteiger partial charge in [-0.05, 0) is 42.5 Å². The summed E-state index contributed by atoms with van der Waals surface area (Å²) in [4.78, 5) is 27.7. The molecule has 0 aliphatic rings. The summed E-state index contributed by atoms with van der Waals surface area (Å²) in [7, 11) is 0. The van der Waals surface area contributed by atoms with E-state index in [4.69, 9.17) is 0 Å². The van der Waals surface area contributed by atoms with Crippen LogP contribution >= 0.6 is 11.3 Å². The third-order valence-corrected chi connectivity index (χ3v) is 4.39. The number of amides is 2. The number of thiazole rings is 1. The van der Waals surface area contributed by atoms with Gasteiger partial charge < -0.3 is 10.6 Å². The van der Waals surface area contributed by atoms with Crippen molar-refractivity contribution in [3.63, 3.8) is 0 Å². The fourth-order valence-electron chi connectivity index (χ4n) is 2.36. The molecule has 0 atom stereocenters. The second kappa shape index (κ2) is 7.88. The Morgan fingerprint density at radius 1 is 1.08 bits per heavy atom. The first kappa shape index (κ1) is 17.8. The van der Waals surface area contributed by atoms with Crippen molar-refractivity contribution in [3.8, 4) is 10.6 Å². The van der Waals surface area contributed by atoms with Crippen LogP contribution in [-0.4, -0.2) is 16.8 Å². The van der Waals surface area contributed by atoms with Crippen LogP contribution in [0.2, 0.25) is 0 Å². The molecule has 2 N–H and O–H groups in total. The van der Waals surface area contributed by atoms with Crippen molar-refractivity contribution < 1.29 is 14.0 Å². The monoisotopic (exact) mass is 369 g/mol. The minimum atomic E-state index is -0.300. The lowest BCUT2D eigenvalue weighted by Crippen LogP contribution is -2.15. The number of benzene rings is 2. The van der Waals surface area contributed by atoms with Gasteiger partial charge in [-0.3, -0.25) is 9.59 Å². The molecule has 0 radical (unpaired) electrons. The lowest BCUT2D eigenvalue weighted by molar-refractivity contribution is -0.116. The second-order valence-electron chi connectivity index (χ2n) is 5.64. The van der Waals surface area contributed by atoms with E-state index in [9.17, 15) is 14.0 Å². The van der Waals surface area contributed by atoms with Gasteiger partial charge in [-0.1, -0.05) is 6.07 Å². The smallest absolute Gasteiger partial charge is 0.230 e. The molecule has 0 spiro atoms. The number of aromatic nitrogens is 1. The Balaban J connectivity index is 1.64. The molecule has 5 nitrogen and oxygen atoms in total. The van der Waals surface area contributed by atoms with Crippen LogP contribution in [0.3, 0.4) is 0 Å². The maximum Gasteiger partial charge on any atom is 0.230 e. The number of halogens is 1. The van der Waals surface area contributed by atoms with E-state index in [2.05, 4.69) is 15.6 Å². The van der Waals surface area contributed by atoms with Crippen LogP contribution in [-0.2, 0) is 16.0 Å². The molecule has 0 saturated carbocycles. The second-order valence-corrected chi connectivity index (χ2v) is 6.50. The number of rotatable bonds is 5. The van der Waals surface area contributed by atoms with Crippen molar-refractivity contribution in [1.29, 1.82) is 0 Å². The molecule has 7 heteroatoms. The Morgan fingerprint density at radius 3 is 2.46 bits per heavy atom. The number of carbonyl (C=O) groups excluding carboxylic acids is 2. The zero-order valence-electron chi connectivity index (χ0n) is 14.0. The predicted octanol–water partition coefficient (Wildman–Crippen LogP) is 4.09. The van der Waals surface area contributed by atoms with Gasteiger partial charge in [0, 0.05) is 29.2 Å². The molecule has 3 rings (SSSR count). The summed E-state index contributed by atoms with van der Waals surface area (Å²) < 4.78 is 13.0. The number of nitrogens with one attached hydrogen (secondary N) is 2. The van der Waals surface area contributed by atoms with Crippen LogP contribution in [0.15, 0.2) is 53.9 Å². The van der Waals surface area contributed by atoms with E-state index in [0.29, 0.717) is 17.1 Å². The Bertz CT molecular complexity index is 938. The molecule has 0 fully saturated rings. The molecule has 1 heterocycles. The number of carbonyl (C=O) groups is 2. The van der Waals surface area contributed by atoms with Gasteiger partial charge in [-0.2, -0.15) is 0 Å². The Kier molecular flexibility index (Phi) is 5.38. The number of hydrogen-bond donors (Lipinski definition) is 2. The zero-order valence-corrected chi connectivity index (χ0v) is 14.8. The molecule has 0 aliphatic heterocycles. The lowest BCUT2D eigenvalue weighted by Gasteiger charge is -2.07. The van der Waals surface area contributed by atoms with Crippen molar-refractivity contribution in [2.75, 3.05) is 10.6 Å². The average molecular weight is 369 g/mol. The summed E-state index contributed by atoms with van der Waals surface area (Å²) in [6.45, 7) is 1.42. The molecule has 2 amide bonds. The van der Waals surface area contributed by atoms with Gasteiger partial charge in [0.2, 0.25) is 11.8 Å². The summed E-state index contributed by atoms with van der Waals surface area (Å²) >= 11 is 1.41. The van der Waals surface area contributed by atoms with E-state index in [0.717, 1.165) is 10.6 Å². The molecule has 0 aliphatic carbocycles. The first-order chi connectivity index (χ1) is 12.5. The molecule has 26 heavy (non-hydrogen) atoms. The first-order valence-electron chi connectivity index (χ1n) is 7.87. The van der Waals surface area contributed by atoms with Crippen molar-refractivity contribution in [2.45, 2.75) is 13.3 Å². The standard InChI is InChI=1S/C19H16FN3O2S/c1-12(24)21-15-3-2-4-16(9-15)22-18(25)10-17-11-26-19(23-17)13-5-7-14(20)8-6-13/h2-9,11H,10H2,1H3,(H,21,24)(H,22,25). The van der Waals surface area contributed by atoms with E-state index >= 15 is 0 Å². The topological polar surface area (TPSA) is 71.1 Å². The van der Waals surface area contributed by atoms with E-state index < -0.39 is 0 Å². The van der Waals surface area contributed by atoms with Gasteiger partial charge in [-0.25, -0.2) is 9.37 Å². The molecule has 3 aromatic rings. The summed E-state index contributed by atoms with van der Waals surface area (Å²) in [6.07, 6.45) is 0.127. The lowest BCUT2D eigenvalue weighted by atomic mass is 10.2. The third-order valence-electron chi connectivity index (χ3n) is 3.45. The van der Waals surface area contributed by atoms with Crippen LogP contribution in [0.4, 0.5) is 15.8 Å². The largest absolute Gasteiger partial charge is 0.326 e. The van der Waals surface area contributed by atoms with E-state index in [-0.39, 0.29) is 24.1 Å². The minimum Gasteiger partial charge on any atom is -0.326 e. The maximum absolute atomic E-state index is 13.0. The maximum atomic E-state index is 13.0. The molecular weight excluding hydrogens is 353 g/mol. The molecule has 132 valence electrons. The highest BCUT2D eigenvalue weighted by molar-refractivity contribution is 7.13. The SMILES string of the molecule is CC(=O)Nc1cccc(NC(=O)Cc2csc(-c3ccc(F)cc3)n2)c1. The van der Waals surface area contributed by atoms with Gasteiger partial charge in [-0.15, -0.1) is 11.3 Å². The average Bonchev–Trinajstić information content (AvgIpc) is 3.03. The van der Waals surface area contributed by atoms with Crippen LogP contribution < -0.4 is 10.6 Å². The van der Waals surface area contributed by atoms with Gasteiger partial charge in [0.25, 0.3) is 0 Å². The van der Waals surface area contributed by atoms with Gasteiger partial charge in [0.05, 0.1) is 12.1 Å². The van der Waals surface area contributed by atoms with Crippen molar-refractivity contribution in [1.82, 2.24) is 4.98 Å². The summed E-state index contributed by atoms with van der Waals surface area (Å²) in [5.41, 5.74) is 2.66. The summed E-state index contributed by atoms with van der Waals surface area (Å²) in [5.74, 6) is -0.684. The van der Waals surface area contributed by atoms with E-state index in [1.54, 1.807) is 36.4 Å². The Morgan fingerprint density at radius 2 is 1.77 bits per heavy atom. The fourth-order valence-corrected chi connectivity index (χ4v) is 3.19. The highest BCUT2D eigenvalue weighted by Gasteiger charge is 2.10. The van der Waals surface area contributed by atoms with Gasteiger partial charge in [0.1, 0.15) is 10.8 Å². The van der Waals surface area contributed by atoms with Crippen LogP contribution in [0, 0.1) is 5.82 Å². The molecular formula is C19H16FN3O2S. The van der Waals surface area contributed by atoms with Crippen molar-refractivity contribution in [3.05, 3.63) is 65.4 Å². The number of anilines is 2.